The van der Waals surface area contributed by atoms with Crippen LogP contribution in [0.25, 0.3) is 109 Å². The van der Waals surface area contributed by atoms with Gasteiger partial charge in [0, 0.05) is 53.0 Å². The smallest absolute Gasteiger partial charge is 0.164 e. The molecule has 0 bridgehead atoms. The predicted octanol–water partition coefficient (Wildman–Crippen LogP) is 13.6. The maximum absolute atomic E-state index is 6.64. The standard InChI is InChI=1S/C49H29N3OS/c1-3-12-30(13-4-1)32-22-24-37-42-29-40(36-18-7-8-20-39(36)46(42)53-43(37)28-32)33-16-11-17-34(26-33)48-50-47(31-14-5-2-6-15-31)51-49(52-48)35-23-25-45-41(27-35)38-19-9-10-21-44(38)54-45/h1-29H. The van der Waals surface area contributed by atoms with Gasteiger partial charge in [0.1, 0.15) is 11.2 Å². The Balaban J connectivity index is 1.08. The van der Waals surface area contributed by atoms with Crippen LogP contribution in [0.3, 0.4) is 0 Å². The molecule has 5 heteroatoms. The van der Waals surface area contributed by atoms with Gasteiger partial charge in [-0.1, -0.05) is 127 Å². The van der Waals surface area contributed by atoms with Crippen molar-refractivity contribution in [3.8, 4) is 56.4 Å². The van der Waals surface area contributed by atoms with Gasteiger partial charge in [-0.25, -0.2) is 15.0 Å². The van der Waals surface area contributed by atoms with Gasteiger partial charge in [0.05, 0.1) is 0 Å². The lowest BCUT2D eigenvalue weighted by Gasteiger charge is -2.11. The Bertz CT molecular complexity index is 3220. The molecule has 0 amide bonds. The Morgan fingerprint density at radius 1 is 0.333 bits per heavy atom. The van der Waals surface area contributed by atoms with Crippen molar-refractivity contribution in [2.24, 2.45) is 0 Å². The second-order valence-corrected chi connectivity index (χ2v) is 14.7. The molecule has 8 aromatic carbocycles. The summed E-state index contributed by atoms with van der Waals surface area (Å²) >= 11 is 1.81. The highest BCUT2D eigenvalue weighted by atomic mass is 32.1. The quantitative estimate of drug-likeness (QED) is 0.179. The average Bonchev–Trinajstić information content (AvgIpc) is 3.82. The van der Waals surface area contributed by atoms with Crippen molar-refractivity contribution in [3.63, 3.8) is 0 Å². The van der Waals surface area contributed by atoms with E-state index in [9.17, 15) is 0 Å². The van der Waals surface area contributed by atoms with Gasteiger partial charge < -0.3 is 4.42 Å². The first-order valence-corrected chi connectivity index (χ1v) is 18.8. The second kappa shape index (κ2) is 12.3. The molecule has 4 nitrogen and oxygen atoms in total. The molecule has 0 aliphatic heterocycles. The SMILES string of the molecule is c1ccc(-c2ccc3c(c2)oc2c4ccccc4c(-c4cccc(-c5nc(-c6ccccc6)nc(-c6ccc7sc8ccccc8c7c6)n5)c4)cc32)cc1. The molecule has 0 saturated heterocycles. The first-order valence-electron chi connectivity index (χ1n) is 18.0. The maximum atomic E-state index is 6.64. The minimum absolute atomic E-state index is 0.628. The molecule has 0 N–H and O–H groups in total. The van der Waals surface area contributed by atoms with E-state index in [2.05, 4.69) is 140 Å². The van der Waals surface area contributed by atoms with Crippen LogP contribution in [0.4, 0.5) is 0 Å². The minimum atomic E-state index is 0.628. The van der Waals surface area contributed by atoms with Crippen LogP contribution < -0.4 is 0 Å². The number of hydrogen-bond acceptors (Lipinski definition) is 5. The van der Waals surface area contributed by atoms with E-state index in [0.29, 0.717) is 17.5 Å². The van der Waals surface area contributed by atoms with Gasteiger partial charge in [0.25, 0.3) is 0 Å². The third-order valence-corrected chi connectivity index (χ3v) is 11.5. The molecule has 0 aliphatic carbocycles. The van der Waals surface area contributed by atoms with Crippen molar-refractivity contribution < 1.29 is 4.42 Å². The summed E-state index contributed by atoms with van der Waals surface area (Å²) in [6.07, 6.45) is 0. The number of benzene rings is 8. The van der Waals surface area contributed by atoms with Crippen LogP contribution in [0, 0.1) is 0 Å². The summed E-state index contributed by atoms with van der Waals surface area (Å²) in [6, 6.07) is 61.5. The lowest BCUT2D eigenvalue weighted by Crippen LogP contribution is -2.00. The molecule has 3 heterocycles. The summed E-state index contributed by atoms with van der Waals surface area (Å²) in [5.41, 5.74) is 9.11. The Morgan fingerprint density at radius 2 is 0.926 bits per heavy atom. The Hall–Kier alpha value is -6.95. The maximum Gasteiger partial charge on any atom is 0.164 e. The molecular formula is C49H29N3OS. The number of fused-ring (bicyclic) bond motifs is 8. The monoisotopic (exact) mass is 707 g/mol. The van der Waals surface area contributed by atoms with Crippen LogP contribution in [0.5, 0.6) is 0 Å². The fourth-order valence-corrected chi connectivity index (χ4v) is 8.77. The van der Waals surface area contributed by atoms with Crippen molar-refractivity contribution >= 4 is 64.2 Å². The average molecular weight is 708 g/mol. The van der Waals surface area contributed by atoms with E-state index < -0.39 is 0 Å². The highest BCUT2D eigenvalue weighted by Gasteiger charge is 2.18. The van der Waals surface area contributed by atoms with Crippen LogP contribution >= 0.6 is 11.3 Å². The topological polar surface area (TPSA) is 51.8 Å². The first-order chi connectivity index (χ1) is 26.7. The largest absolute Gasteiger partial charge is 0.455 e. The van der Waals surface area contributed by atoms with E-state index in [4.69, 9.17) is 19.4 Å². The van der Waals surface area contributed by atoms with Gasteiger partial charge in [-0.2, -0.15) is 0 Å². The second-order valence-electron chi connectivity index (χ2n) is 13.6. The highest BCUT2D eigenvalue weighted by molar-refractivity contribution is 7.25. The molecule has 0 fully saturated rings. The number of rotatable bonds is 5. The highest BCUT2D eigenvalue weighted by Crippen LogP contribution is 2.42. The fraction of sp³-hybridized carbons (Fsp3) is 0. The molecule has 0 spiro atoms. The Kier molecular flexibility index (Phi) is 7.00. The minimum Gasteiger partial charge on any atom is -0.455 e. The molecule has 54 heavy (non-hydrogen) atoms. The van der Waals surface area contributed by atoms with E-state index >= 15 is 0 Å². The molecule has 0 atom stereocenters. The summed E-state index contributed by atoms with van der Waals surface area (Å²) in [5, 5.41) is 6.85. The van der Waals surface area contributed by atoms with Gasteiger partial charge >= 0.3 is 0 Å². The number of thiophene rings is 1. The number of nitrogens with zero attached hydrogens (tertiary/aromatic N) is 3. The Morgan fingerprint density at radius 3 is 1.72 bits per heavy atom. The Labute approximate surface area is 314 Å². The summed E-state index contributed by atoms with van der Waals surface area (Å²) in [6.45, 7) is 0. The van der Waals surface area contributed by atoms with Gasteiger partial charge in [0.2, 0.25) is 0 Å². The van der Waals surface area contributed by atoms with Gasteiger partial charge in [-0.05, 0) is 76.2 Å². The molecule has 252 valence electrons. The third kappa shape index (κ3) is 5.09. The van der Waals surface area contributed by atoms with Crippen LogP contribution in [-0.4, -0.2) is 15.0 Å². The van der Waals surface area contributed by atoms with Gasteiger partial charge in [-0.15, -0.1) is 11.3 Å². The molecule has 11 aromatic rings. The van der Waals surface area contributed by atoms with Gasteiger partial charge in [-0.3, -0.25) is 0 Å². The zero-order valence-electron chi connectivity index (χ0n) is 28.9. The molecule has 0 saturated carbocycles. The molecule has 0 aliphatic rings. The molecule has 3 aromatic heterocycles. The van der Waals surface area contributed by atoms with Crippen molar-refractivity contribution in [2.75, 3.05) is 0 Å². The predicted molar refractivity (Wildman–Crippen MR) is 225 cm³/mol. The van der Waals surface area contributed by atoms with E-state index in [-0.39, 0.29) is 0 Å². The first kappa shape index (κ1) is 30.7. The number of hydrogen-bond donors (Lipinski definition) is 0. The van der Waals surface area contributed by atoms with Crippen molar-refractivity contribution in [1.29, 1.82) is 0 Å². The van der Waals surface area contributed by atoms with E-state index in [1.54, 1.807) is 0 Å². The summed E-state index contributed by atoms with van der Waals surface area (Å²) < 4.78 is 9.16. The number of furan rings is 1. The normalized spacial score (nSPS) is 11.7. The van der Waals surface area contributed by atoms with E-state index in [0.717, 1.165) is 66.1 Å². The van der Waals surface area contributed by atoms with Gasteiger partial charge in [0.15, 0.2) is 17.5 Å². The lowest BCUT2D eigenvalue weighted by molar-refractivity contribution is 0.673. The zero-order valence-corrected chi connectivity index (χ0v) is 29.7. The summed E-state index contributed by atoms with van der Waals surface area (Å²) in [4.78, 5) is 15.3. The van der Waals surface area contributed by atoms with Crippen LogP contribution in [-0.2, 0) is 0 Å². The molecule has 0 unspecified atom stereocenters. The van der Waals surface area contributed by atoms with E-state index in [1.807, 2.05) is 47.7 Å². The van der Waals surface area contributed by atoms with Crippen LogP contribution in [0.1, 0.15) is 0 Å². The van der Waals surface area contributed by atoms with Crippen LogP contribution in [0.2, 0.25) is 0 Å². The third-order valence-electron chi connectivity index (χ3n) is 10.3. The fourth-order valence-electron chi connectivity index (χ4n) is 7.69. The zero-order chi connectivity index (χ0) is 35.6. The van der Waals surface area contributed by atoms with Crippen molar-refractivity contribution in [3.05, 3.63) is 176 Å². The van der Waals surface area contributed by atoms with Crippen LogP contribution in [0.15, 0.2) is 180 Å². The van der Waals surface area contributed by atoms with Crippen molar-refractivity contribution in [1.82, 2.24) is 15.0 Å². The molecule has 0 radical (unpaired) electrons. The lowest BCUT2D eigenvalue weighted by atomic mass is 9.94. The van der Waals surface area contributed by atoms with Crippen molar-refractivity contribution in [2.45, 2.75) is 0 Å². The summed E-state index contributed by atoms with van der Waals surface area (Å²) in [5.74, 6) is 1.92. The van der Waals surface area contributed by atoms with E-state index in [1.165, 1.54) is 25.7 Å². The summed E-state index contributed by atoms with van der Waals surface area (Å²) in [7, 11) is 0. The molecular weight excluding hydrogens is 679 g/mol. The molecule has 11 rings (SSSR count). The number of aromatic nitrogens is 3.